The number of hydrogen-bond acceptors (Lipinski definition) is 5. The fourth-order valence-corrected chi connectivity index (χ4v) is 1.57. The van der Waals surface area contributed by atoms with Gasteiger partial charge in [-0.25, -0.2) is 0 Å². The normalized spacial score (nSPS) is 11.3. The second kappa shape index (κ2) is 8.16. The highest BCUT2D eigenvalue weighted by Gasteiger charge is 2.02. The highest BCUT2D eigenvalue weighted by atomic mass is 16.5. The van der Waals surface area contributed by atoms with Gasteiger partial charge in [-0.2, -0.15) is 0 Å². The summed E-state index contributed by atoms with van der Waals surface area (Å²) in [6.07, 6.45) is 3.05. The summed E-state index contributed by atoms with van der Waals surface area (Å²) < 4.78 is 6.91. The molecule has 0 aliphatic carbocycles. The topological polar surface area (TPSA) is 55.2 Å². The van der Waals surface area contributed by atoms with Gasteiger partial charge in [-0.05, 0) is 20.5 Å². The van der Waals surface area contributed by atoms with Gasteiger partial charge in [-0.3, -0.25) is 4.68 Å². The van der Waals surface area contributed by atoms with Gasteiger partial charge in [0, 0.05) is 39.5 Å². The van der Waals surface area contributed by atoms with Crippen LogP contribution in [-0.4, -0.2) is 60.8 Å². The minimum Gasteiger partial charge on any atom is -0.385 e. The zero-order chi connectivity index (χ0) is 12.5. The van der Waals surface area contributed by atoms with E-state index in [4.69, 9.17) is 4.74 Å². The Balaban J connectivity index is 2.19. The number of nitrogens with zero attached hydrogens (tertiary/aromatic N) is 4. The highest BCUT2D eigenvalue weighted by molar-refractivity contribution is 4.90. The van der Waals surface area contributed by atoms with E-state index < -0.39 is 0 Å². The first-order valence-electron chi connectivity index (χ1n) is 5.97. The van der Waals surface area contributed by atoms with E-state index >= 15 is 0 Å². The summed E-state index contributed by atoms with van der Waals surface area (Å²) in [4.78, 5) is 2.28. The molecule has 0 unspecified atom stereocenters. The van der Waals surface area contributed by atoms with Crippen molar-refractivity contribution in [2.75, 3.05) is 40.9 Å². The maximum Gasteiger partial charge on any atom is 0.0964 e. The van der Waals surface area contributed by atoms with Gasteiger partial charge in [0.15, 0.2) is 0 Å². The zero-order valence-corrected chi connectivity index (χ0v) is 11.0. The lowest BCUT2D eigenvalue weighted by Gasteiger charge is -2.15. The number of hydrogen-bond donors (Lipinski definition) is 1. The molecule has 6 nitrogen and oxygen atoms in total. The average Bonchev–Trinajstić information content (AvgIpc) is 2.75. The molecule has 0 fully saturated rings. The lowest BCUT2D eigenvalue weighted by Crippen LogP contribution is -2.25. The Bertz CT molecular complexity index is 302. The van der Waals surface area contributed by atoms with Gasteiger partial charge in [0.05, 0.1) is 12.2 Å². The summed E-state index contributed by atoms with van der Waals surface area (Å²) in [5.74, 6) is 0. The molecule has 0 aliphatic rings. The van der Waals surface area contributed by atoms with Gasteiger partial charge in [-0.1, -0.05) is 5.21 Å². The third kappa shape index (κ3) is 5.76. The van der Waals surface area contributed by atoms with Crippen LogP contribution < -0.4 is 5.32 Å². The molecule has 0 spiro atoms. The molecule has 0 atom stereocenters. The summed E-state index contributed by atoms with van der Waals surface area (Å²) in [6, 6.07) is 0. The van der Waals surface area contributed by atoms with Crippen molar-refractivity contribution in [3.8, 4) is 0 Å². The van der Waals surface area contributed by atoms with Crippen LogP contribution in [0.15, 0.2) is 6.20 Å². The molecule has 0 radical (unpaired) electrons. The van der Waals surface area contributed by atoms with Crippen molar-refractivity contribution in [1.29, 1.82) is 0 Å². The Morgan fingerprint density at radius 3 is 3.00 bits per heavy atom. The van der Waals surface area contributed by atoms with E-state index in [1.165, 1.54) is 0 Å². The molecule has 0 amide bonds. The van der Waals surface area contributed by atoms with Crippen molar-refractivity contribution in [2.24, 2.45) is 0 Å². The molecule has 98 valence electrons. The van der Waals surface area contributed by atoms with Crippen molar-refractivity contribution in [3.63, 3.8) is 0 Å². The maximum absolute atomic E-state index is 5.02. The molecule has 0 saturated carbocycles. The van der Waals surface area contributed by atoms with E-state index in [1.807, 2.05) is 17.9 Å². The summed E-state index contributed by atoms with van der Waals surface area (Å²) in [5.41, 5.74) is 0.981. The van der Waals surface area contributed by atoms with Crippen molar-refractivity contribution >= 4 is 0 Å². The molecular weight excluding hydrogens is 218 g/mol. The Morgan fingerprint density at radius 1 is 1.47 bits per heavy atom. The van der Waals surface area contributed by atoms with Gasteiger partial charge >= 0.3 is 0 Å². The summed E-state index contributed by atoms with van der Waals surface area (Å²) in [7, 11) is 5.75. The molecule has 17 heavy (non-hydrogen) atoms. The zero-order valence-electron chi connectivity index (χ0n) is 11.0. The van der Waals surface area contributed by atoms with Crippen LogP contribution in [0.4, 0.5) is 0 Å². The largest absolute Gasteiger partial charge is 0.385 e. The van der Waals surface area contributed by atoms with Gasteiger partial charge in [-0.15, -0.1) is 5.10 Å². The van der Waals surface area contributed by atoms with Crippen LogP contribution in [0, 0.1) is 0 Å². The predicted molar refractivity (Wildman–Crippen MR) is 66.8 cm³/mol. The van der Waals surface area contributed by atoms with Crippen molar-refractivity contribution in [3.05, 3.63) is 11.9 Å². The van der Waals surface area contributed by atoms with E-state index in [-0.39, 0.29) is 0 Å². The Labute approximate surface area is 103 Å². The summed E-state index contributed by atoms with van der Waals surface area (Å²) in [6.45, 7) is 4.49. The third-order valence-electron chi connectivity index (χ3n) is 2.54. The molecule has 1 N–H and O–H groups in total. The number of rotatable bonds is 9. The van der Waals surface area contributed by atoms with Crippen LogP contribution in [0.25, 0.3) is 0 Å². The smallest absolute Gasteiger partial charge is 0.0964 e. The fourth-order valence-electron chi connectivity index (χ4n) is 1.57. The van der Waals surface area contributed by atoms with E-state index in [9.17, 15) is 0 Å². The van der Waals surface area contributed by atoms with Gasteiger partial charge in [0.1, 0.15) is 0 Å². The van der Waals surface area contributed by atoms with Crippen molar-refractivity contribution in [1.82, 2.24) is 25.2 Å². The molecule has 1 aromatic heterocycles. The second-order valence-corrected chi connectivity index (χ2v) is 4.15. The van der Waals surface area contributed by atoms with E-state index in [0.29, 0.717) is 0 Å². The van der Waals surface area contributed by atoms with Crippen LogP contribution >= 0.6 is 0 Å². The molecule has 0 aromatic carbocycles. The third-order valence-corrected chi connectivity index (χ3v) is 2.54. The van der Waals surface area contributed by atoms with Gasteiger partial charge < -0.3 is 15.0 Å². The monoisotopic (exact) mass is 241 g/mol. The molecule has 1 heterocycles. The first-order valence-corrected chi connectivity index (χ1v) is 5.97. The first-order chi connectivity index (χ1) is 8.26. The van der Waals surface area contributed by atoms with Gasteiger partial charge in [0.25, 0.3) is 0 Å². The second-order valence-electron chi connectivity index (χ2n) is 4.15. The average molecular weight is 241 g/mol. The Morgan fingerprint density at radius 2 is 2.29 bits per heavy atom. The predicted octanol–water partition coefficient (Wildman–Crippen LogP) is -0.0342. The summed E-state index contributed by atoms with van der Waals surface area (Å²) >= 11 is 0. The minimum absolute atomic E-state index is 0.768. The molecule has 0 aliphatic heterocycles. The molecule has 1 aromatic rings. The molecule has 6 heteroatoms. The molecule has 0 bridgehead atoms. The van der Waals surface area contributed by atoms with Crippen LogP contribution in [-0.2, 0) is 17.8 Å². The highest BCUT2D eigenvalue weighted by Crippen LogP contribution is 1.94. The Kier molecular flexibility index (Phi) is 6.76. The number of aromatic nitrogens is 3. The van der Waals surface area contributed by atoms with E-state index in [1.54, 1.807) is 7.11 Å². The molecule has 0 saturated heterocycles. The summed E-state index contributed by atoms with van der Waals surface area (Å²) in [5, 5.41) is 11.2. The SMILES string of the molecule is CNCc1cn(CCN(C)CCCOC)nn1. The van der Waals surface area contributed by atoms with E-state index in [0.717, 1.165) is 44.9 Å². The number of nitrogens with one attached hydrogen (secondary N) is 1. The fraction of sp³-hybridized carbons (Fsp3) is 0.818. The van der Waals surface area contributed by atoms with Crippen molar-refractivity contribution < 1.29 is 4.74 Å². The van der Waals surface area contributed by atoms with E-state index in [2.05, 4.69) is 27.6 Å². The standard InChI is InChI=1S/C11H23N5O/c1-12-9-11-10-16(14-13-11)7-6-15(2)5-4-8-17-3/h10,12H,4-9H2,1-3H3. The van der Waals surface area contributed by atoms with Crippen LogP contribution in [0.1, 0.15) is 12.1 Å². The lowest BCUT2D eigenvalue weighted by atomic mass is 10.4. The maximum atomic E-state index is 5.02. The van der Waals surface area contributed by atoms with Crippen LogP contribution in [0.5, 0.6) is 0 Å². The van der Waals surface area contributed by atoms with Crippen LogP contribution in [0.2, 0.25) is 0 Å². The molecule has 1 rings (SSSR count). The van der Waals surface area contributed by atoms with Crippen LogP contribution in [0.3, 0.4) is 0 Å². The number of ether oxygens (including phenoxy) is 1. The van der Waals surface area contributed by atoms with Crippen molar-refractivity contribution in [2.45, 2.75) is 19.5 Å². The van der Waals surface area contributed by atoms with Gasteiger partial charge in [0.2, 0.25) is 0 Å². The Hall–Kier alpha value is -0.980. The lowest BCUT2D eigenvalue weighted by molar-refractivity contribution is 0.178. The number of methoxy groups -OCH3 is 1. The first kappa shape index (κ1) is 14.1. The molecular formula is C11H23N5O. The quantitative estimate of drug-likeness (QED) is 0.615. The number of likely N-dealkylation sites (N-methyl/N-ethyl adjacent to an activating group) is 1. The minimum atomic E-state index is 0.768.